The van der Waals surface area contributed by atoms with Gasteiger partial charge < -0.3 is 10.2 Å². The molecule has 32 heavy (non-hydrogen) atoms. The quantitative estimate of drug-likeness (QED) is 0.610. The molecule has 9 heteroatoms. The molecule has 1 aliphatic rings. The second-order valence-corrected chi connectivity index (χ2v) is 8.29. The van der Waals surface area contributed by atoms with E-state index in [4.69, 9.17) is 0 Å². The Morgan fingerprint density at radius 2 is 2.09 bits per heavy atom. The average molecular weight is 435 g/mol. The Balaban J connectivity index is 1.56. The summed E-state index contributed by atoms with van der Waals surface area (Å²) >= 11 is 0. The van der Waals surface area contributed by atoms with Crippen molar-refractivity contribution in [2.45, 2.75) is 33.2 Å². The Hall–Kier alpha value is -3.17. The highest BCUT2D eigenvalue weighted by atomic mass is 16.2. The summed E-state index contributed by atoms with van der Waals surface area (Å²) in [4.78, 5) is 30.9. The molecule has 0 bridgehead atoms. The molecule has 1 aliphatic heterocycles. The van der Waals surface area contributed by atoms with Gasteiger partial charge in [0.25, 0.3) is 0 Å². The van der Waals surface area contributed by atoms with Crippen LogP contribution in [0.25, 0.3) is 17.3 Å². The van der Waals surface area contributed by atoms with Gasteiger partial charge in [-0.3, -0.25) is 14.7 Å². The lowest BCUT2D eigenvalue weighted by Gasteiger charge is -2.22. The number of aromatic nitrogens is 5. The van der Waals surface area contributed by atoms with E-state index in [9.17, 15) is 4.79 Å². The summed E-state index contributed by atoms with van der Waals surface area (Å²) in [6.45, 7) is 9.23. The summed E-state index contributed by atoms with van der Waals surface area (Å²) in [6, 6.07) is 9.81. The first-order chi connectivity index (χ1) is 15.4. The zero-order valence-electron chi connectivity index (χ0n) is 19.1. The van der Waals surface area contributed by atoms with Gasteiger partial charge in [-0.1, -0.05) is 13.0 Å². The molecule has 0 unspecified atom stereocenters. The van der Waals surface area contributed by atoms with Crippen molar-refractivity contribution in [3.05, 3.63) is 47.9 Å². The van der Waals surface area contributed by atoms with Crippen molar-refractivity contribution in [2.75, 3.05) is 38.5 Å². The third kappa shape index (κ3) is 5.00. The lowest BCUT2D eigenvalue weighted by Crippen LogP contribution is -2.37. The molecule has 3 aromatic heterocycles. The Labute approximate surface area is 188 Å². The van der Waals surface area contributed by atoms with Crippen LogP contribution in [0.2, 0.25) is 0 Å². The zero-order chi connectivity index (χ0) is 22.7. The van der Waals surface area contributed by atoms with Gasteiger partial charge in [-0.2, -0.15) is 5.10 Å². The van der Waals surface area contributed by atoms with Crippen LogP contribution in [0.3, 0.4) is 0 Å². The van der Waals surface area contributed by atoms with Crippen LogP contribution in [0.5, 0.6) is 0 Å². The molecule has 0 spiro atoms. The van der Waals surface area contributed by atoms with Gasteiger partial charge in [-0.05, 0) is 52.1 Å². The van der Waals surface area contributed by atoms with E-state index in [1.54, 1.807) is 16.9 Å². The number of likely N-dealkylation sites (N-methyl/N-ethyl adjacent to an activating group) is 1. The first-order valence-corrected chi connectivity index (χ1v) is 11.0. The third-order valence-corrected chi connectivity index (χ3v) is 5.84. The van der Waals surface area contributed by atoms with E-state index in [1.165, 1.54) is 0 Å². The number of nitrogens with one attached hydrogen (secondary N) is 1. The number of carbonyl (C=O) groups excluding carboxylic acids is 1. The molecule has 0 saturated carbocycles. The SMILES string of the molecule is CCN(C)[C@H]1CCN(CC(=O)Nc2cc(-n3nc(C)cc3C)nc(-c3ccccn3)n2)C1. The maximum atomic E-state index is 12.8. The number of carbonyl (C=O) groups is 1. The van der Waals surface area contributed by atoms with Crippen LogP contribution in [0, 0.1) is 13.8 Å². The van der Waals surface area contributed by atoms with Gasteiger partial charge in [0.2, 0.25) is 5.91 Å². The fourth-order valence-electron chi connectivity index (χ4n) is 4.04. The molecule has 0 aliphatic carbocycles. The van der Waals surface area contributed by atoms with Gasteiger partial charge in [-0.15, -0.1) is 0 Å². The molecule has 1 amide bonds. The van der Waals surface area contributed by atoms with Crippen molar-refractivity contribution in [2.24, 2.45) is 0 Å². The van der Waals surface area contributed by atoms with Gasteiger partial charge in [0, 0.05) is 37.1 Å². The molecule has 0 radical (unpaired) electrons. The van der Waals surface area contributed by atoms with Crippen molar-refractivity contribution >= 4 is 11.7 Å². The predicted molar refractivity (Wildman–Crippen MR) is 124 cm³/mol. The molecule has 1 N–H and O–H groups in total. The maximum Gasteiger partial charge on any atom is 0.239 e. The molecule has 4 rings (SSSR count). The molecule has 4 heterocycles. The monoisotopic (exact) mass is 434 g/mol. The lowest BCUT2D eigenvalue weighted by molar-refractivity contribution is -0.117. The Kier molecular flexibility index (Phi) is 6.57. The van der Waals surface area contributed by atoms with Crippen molar-refractivity contribution in [3.8, 4) is 17.3 Å². The topological polar surface area (TPSA) is 92.1 Å². The number of hydrogen-bond donors (Lipinski definition) is 1. The van der Waals surface area contributed by atoms with Crippen LogP contribution in [-0.4, -0.2) is 79.7 Å². The molecule has 1 fully saturated rings. The van der Waals surface area contributed by atoms with Gasteiger partial charge in [0.15, 0.2) is 11.6 Å². The normalized spacial score (nSPS) is 16.6. The summed E-state index contributed by atoms with van der Waals surface area (Å²) in [5.41, 5.74) is 2.48. The zero-order valence-corrected chi connectivity index (χ0v) is 19.1. The summed E-state index contributed by atoms with van der Waals surface area (Å²) in [5.74, 6) is 1.38. The van der Waals surface area contributed by atoms with E-state index in [2.05, 4.69) is 49.1 Å². The summed E-state index contributed by atoms with van der Waals surface area (Å²) in [7, 11) is 2.13. The van der Waals surface area contributed by atoms with Crippen molar-refractivity contribution in [1.82, 2.24) is 34.5 Å². The highest BCUT2D eigenvalue weighted by Gasteiger charge is 2.26. The van der Waals surface area contributed by atoms with Crippen LogP contribution in [0.4, 0.5) is 5.82 Å². The fourth-order valence-corrected chi connectivity index (χ4v) is 4.04. The largest absolute Gasteiger partial charge is 0.309 e. The summed E-state index contributed by atoms with van der Waals surface area (Å²) in [6.07, 6.45) is 2.78. The predicted octanol–water partition coefficient (Wildman–Crippen LogP) is 2.31. The number of anilines is 1. The minimum atomic E-state index is -0.0882. The van der Waals surface area contributed by atoms with Crippen molar-refractivity contribution in [1.29, 1.82) is 0 Å². The first-order valence-electron chi connectivity index (χ1n) is 11.0. The molecule has 9 nitrogen and oxygen atoms in total. The minimum Gasteiger partial charge on any atom is -0.309 e. The molecule has 1 saturated heterocycles. The van der Waals surface area contributed by atoms with E-state index in [0.717, 1.165) is 37.4 Å². The van der Waals surface area contributed by atoms with E-state index in [-0.39, 0.29) is 5.91 Å². The van der Waals surface area contributed by atoms with Crippen LogP contribution >= 0.6 is 0 Å². The second kappa shape index (κ2) is 9.54. The number of pyridine rings is 1. The van der Waals surface area contributed by atoms with Crippen LogP contribution in [-0.2, 0) is 4.79 Å². The van der Waals surface area contributed by atoms with E-state index < -0.39 is 0 Å². The lowest BCUT2D eigenvalue weighted by atomic mass is 10.2. The van der Waals surface area contributed by atoms with Crippen LogP contribution in [0.15, 0.2) is 36.5 Å². The number of nitrogens with zero attached hydrogens (tertiary/aromatic N) is 7. The Morgan fingerprint density at radius 1 is 1.25 bits per heavy atom. The Bertz CT molecular complexity index is 1080. The molecule has 3 aromatic rings. The highest BCUT2D eigenvalue weighted by Crippen LogP contribution is 2.20. The number of aryl methyl sites for hydroxylation is 2. The number of hydrogen-bond acceptors (Lipinski definition) is 7. The summed E-state index contributed by atoms with van der Waals surface area (Å²) in [5, 5.41) is 7.49. The fraction of sp³-hybridized carbons (Fsp3) is 0.435. The Morgan fingerprint density at radius 3 is 2.78 bits per heavy atom. The number of likely N-dealkylation sites (tertiary alicyclic amines) is 1. The summed E-state index contributed by atoms with van der Waals surface area (Å²) < 4.78 is 1.75. The van der Waals surface area contributed by atoms with Gasteiger partial charge in [-0.25, -0.2) is 14.6 Å². The second-order valence-electron chi connectivity index (χ2n) is 8.29. The van der Waals surface area contributed by atoms with E-state index in [0.29, 0.717) is 35.7 Å². The third-order valence-electron chi connectivity index (χ3n) is 5.84. The standard InChI is InChI=1S/C23H30N8O/c1-5-29(4)18-9-11-30(14-18)15-22(32)25-20-13-21(31-17(3)12-16(2)28-31)27-23(26-20)19-8-6-7-10-24-19/h6-8,10,12-13,18H,5,9,11,14-15H2,1-4H3,(H,25,26,27,32)/t18-/m0/s1. The van der Waals surface area contributed by atoms with Crippen molar-refractivity contribution < 1.29 is 4.79 Å². The van der Waals surface area contributed by atoms with Crippen molar-refractivity contribution in [3.63, 3.8) is 0 Å². The van der Waals surface area contributed by atoms with Gasteiger partial charge in [0.1, 0.15) is 11.5 Å². The van der Waals surface area contributed by atoms with Gasteiger partial charge in [0.05, 0.1) is 12.2 Å². The van der Waals surface area contributed by atoms with E-state index >= 15 is 0 Å². The smallest absolute Gasteiger partial charge is 0.239 e. The number of amides is 1. The molecular formula is C23H30N8O. The number of rotatable bonds is 7. The molecule has 0 aromatic carbocycles. The molecular weight excluding hydrogens is 404 g/mol. The minimum absolute atomic E-state index is 0.0882. The average Bonchev–Trinajstić information content (AvgIpc) is 3.39. The van der Waals surface area contributed by atoms with Crippen LogP contribution < -0.4 is 5.32 Å². The van der Waals surface area contributed by atoms with Gasteiger partial charge >= 0.3 is 0 Å². The first kappa shape index (κ1) is 22.0. The van der Waals surface area contributed by atoms with Crippen LogP contribution in [0.1, 0.15) is 24.7 Å². The molecule has 168 valence electrons. The van der Waals surface area contributed by atoms with E-state index in [1.807, 2.05) is 38.1 Å². The highest BCUT2D eigenvalue weighted by molar-refractivity contribution is 5.91. The maximum absolute atomic E-state index is 12.8. The molecule has 1 atom stereocenters.